The third-order valence-corrected chi connectivity index (χ3v) is 4.24. The van der Waals surface area contributed by atoms with Crippen molar-refractivity contribution in [2.45, 2.75) is 32.1 Å². The maximum absolute atomic E-state index is 13.9. The normalized spacial score (nSPS) is 14.8. The molecule has 1 saturated carbocycles. The zero-order valence-corrected chi connectivity index (χ0v) is 11.8. The Labute approximate surface area is 122 Å². The zero-order chi connectivity index (χ0) is 15.0. The molecule has 3 rings (SSSR count). The highest BCUT2D eigenvalue weighted by molar-refractivity contribution is 6.10. The van der Waals surface area contributed by atoms with Gasteiger partial charge in [0.05, 0.1) is 5.56 Å². The molecule has 21 heavy (non-hydrogen) atoms. The van der Waals surface area contributed by atoms with Gasteiger partial charge >= 0.3 is 0 Å². The standard InChI is InChI=1S/C18H16F2O/c1-11-9-15(17(20)10-16(11)19)18(21)14-8-3-2-7-13(14)12-5-4-6-12/h2-3,7-10,12H,4-6H2,1H3. The summed E-state index contributed by atoms with van der Waals surface area (Å²) < 4.78 is 27.3. The molecule has 3 heteroatoms. The van der Waals surface area contributed by atoms with Crippen molar-refractivity contribution < 1.29 is 13.6 Å². The molecule has 1 fully saturated rings. The molecule has 0 amide bonds. The number of carbonyl (C=O) groups is 1. The molecule has 1 aliphatic carbocycles. The Bertz CT molecular complexity index is 702. The summed E-state index contributed by atoms with van der Waals surface area (Å²) in [7, 11) is 0. The van der Waals surface area contributed by atoms with E-state index >= 15 is 0 Å². The van der Waals surface area contributed by atoms with Gasteiger partial charge < -0.3 is 0 Å². The van der Waals surface area contributed by atoms with Crippen LogP contribution in [0.1, 0.15) is 52.2 Å². The summed E-state index contributed by atoms with van der Waals surface area (Å²) in [6.07, 6.45) is 3.29. The summed E-state index contributed by atoms with van der Waals surface area (Å²) in [5.74, 6) is -1.41. The molecule has 1 aliphatic rings. The molecule has 2 aromatic carbocycles. The Hall–Kier alpha value is -2.03. The second-order valence-corrected chi connectivity index (χ2v) is 5.63. The molecule has 0 radical (unpaired) electrons. The molecular weight excluding hydrogens is 270 g/mol. The highest BCUT2D eigenvalue weighted by Crippen LogP contribution is 2.38. The van der Waals surface area contributed by atoms with Crippen molar-refractivity contribution in [2.75, 3.05) is 0 Å². The largest absolute Gasteiger partial charge is 0.288 e. The Balaban J connectivity index is 2.05. The molecular formula is C18H16F2O. The van der Waals surface area contributed by atoms with Gasteiger partial charge in [-0.2, -0.15) is 0 Å². The minimum atomic E-state index is -0.800. The van der Waals surface area contributed by atoms with Crippen LogP contribution in [0.15, 0.2) is 36.4 Å². The average Bonchev–Trinajstić information content (AvgIpc) is 2.41. The Morgan fingerprint density at radius 2 is 1.76 bits per heavy atom. The first-order valence-corrected chi connectivity index (χ1v) is 7.17. The van der Waals surface area contributed by atoms with E-state index in [1.165, 1.54) is 13.0 Å². The molecule has 0 bridgehead atoms. The van der Waals surface area contributed by atoms with Crippen molar-refractivity contribution in [3.05, 3.63) is 70.3 Å². The van der Waals surface area contributed by atoms with Crippen LogP contribution in [0.25, 0.3) is 0 Å². The van der Waals surface area contributed by atoms with E-state index in [4.69, 9.17) is 0 Å². The van der Waals surface area contributed by atoms with Crippen LogP contribution in [0.5, 0.6) is 0 Å². The summed E-state index contributed by atoms with van der Waals surface area (Å²) in [4.78, 5) is 12.6. The first kappa shape index (κ1) is 13.9. The molecule has 0 aliphatic heterocycles. The lowest BCUT2D eigenvalue weighted by Crippen LogP contribution is -2.15. The summed E-state index contributed by atoms with van der Waals surface area (Å²) in [6, 6.07) is 9.43. The van der Waals surface area contributed by atoms with Crippen molar-refractivity contribution >= 4 is 5.78 Å². The SMILES string of the molecule is Cc1cc(C(=O)c2ccccc2C2CCC2)c(F)cc1F. The van der Waals surface area contributed by atoms with Gasteiger partial charge in [-0.3, -0.25) is 4.79 Å². The van der Waals surface area contributed by atoms with E-state index < -0.39 is 11.6 Å². The van der Waals surface area contributed by atoms with Gasteiger partial charge in [0.2, 0.25) is 0 Å². The van der Waals surface area contributed by atoms with E-state index in [1.807, 2.05) is 12.1 Å². The molecule has 0 spiro atoms. The topological polar surface area (TPSA) is 17.1 Å². The van der Waals surface area contributed by atoms with Gasteiger partial charge in [0.1, 0.15) is 11.6 Å². The summed E-state index contributed by atoms with van der Waals surface area (Å²) >= 11 is 0. The van der Waals surface area contributed by atoms with Crippen molar-refractivity contribution in [2.24, 2.45) is 0 Å². The third-order valence-electron chi connectivity index (χ3n) is 4.24. The molecule has 0 saturated heterocycles. The van der Waals surface area contributed by atoms with E-state index in [2.05, 4.69) is 0 Å². The predicted octanol–water partition coefficient (Wildman–Crippen LogP) is 4.77. The number of aryl methyl sites for hydroxylation is 1. The van der Waals surface area contributed by atoms with Gasteiger partial charge in [0.25, 0.3) is 0 Å². The summed E-state index contributed by atoms with van der Waals surface area (Å²) in [5.41, 5.74) is 1.74. The minimum Gasteiger partial charge on any atom is -0.288 e. The Kier molecular flexibility index (Phi) is 3.58. The number of ketones is 1. The van der Waals surface area contributed by atoms with Crippen molar-refractivity contribution in [3.63, 3.8) is 0 Å². The number of hydrogen-bond acceptors (Lipinski definition) is 1. The fraction of sp³-hybridized carbons (Fsp3) is 0.278. The maximum Gasteiger partial charge on any atom is 0.196 e. The molecule has 0 N–H and O–H groups in total. The van der Waals surface area contributed by atoms with E-state index in [0.717, 1.165) is 30.9 Å². The van der Waals surface area contributed by atoms with Crippen molar-refractivity contribution in [1.82, 2.24) is 0 Å². The number of rotatable bonds is 3. The Morgan fingerprint density at radius 1 is 1.05 bits per heavy atom. The lowest BCUT2D eigenvalue weighted by atomic mass is 9.77. The number of benzene rings is 2. The van der Waals surface area contributed by atoms with Crippen LogP contribution in [0.2, 0.25) is 0 Å². The van der Waals surface area contributed by atoms with Gasteiger partial charge in [-0.15, -0.1) is 0 Å². The third kappa shape index (κ3) is 2.48. The number of halogens is 2. The highest BCUT2D eigenvalue weighted by atomic mass is 19.1. The molecule has 2 aromatic rings. The summed E-state index contributed by atoms with van der Waals surface area (Å²) in [6.45, 7) is 1.53. The van der Waals surface area contributed by atoms with E-state index in [-0.39, 0.29) is 16.9 Å². The number of hydrogen-bond donors (Lipinski definition) is 0. The van der Waals surface area contributed by atoms with Crippen LogP contribution in [-0.2, 0) is 0 Å². The van der Waals surface area contributed by atoms with E-state index in [0.29, 0.717) is 11.5 Å². The highest BCUT2D eigenvalue weighted by Gasteiger charge is 2.26. The smallest absolute Gasteiger partial charge is 0.196 e. The summed E-state index contributed by atoms with van der Waals surface area (Å²) in [5, 5.41) is 0. The van der Waals surface area contributed by atoms with Gasteiger partial charge in [0.15, 0.2) is 5.78 Å². The van der Waals surface area contributed by atoms with Crippen molar-refractivity contribution in [3.8, 4) is 0 Å². The molecule has 0 atom stereocenters. The monoisotopic (exact) mass is 286 g/mol. The van der Waals surface area contributed by atoms with E-state index in [1.54, 1.807) is 12.1 Å². The molecule has 108 valence electrons. The molecule has 0 heterocycles. The maximum atomic E-state index is 13.9. The van der Waals surface area contributed by atoms with Gasteiger partial charge in [0, 0.05) is 11.6 Å². The first-order valence-electron chi connectivity index (χ1n) is 7.17. The average molecular weight is 286 g/mol. The fourth-order valence-corrected chi connectivity index (χ4v) is 2.76. The molecule has 0 aromatic heterocycles. The van der Waals surface area contributed by atoms with Crippen LogP contribution in [0, 0.1) is 18.6 Å². The molecule has 1 nitrogen and oxygen atoms in total. The van der Waals surface area contributed by atoms with Crippen LogP contribution >= 0.6 is 0 Å². The van der Waals surface area contributed by atoms with Crippen LogP contribution < -0.4 is 0 Å². The Morgan fingerprint density at radius 3 is 2.43 bits per heavy atom. The zero-order valence-electron chi connectivity index (χ0n) is 11.8. The first-order chi connectivity index (χ1) is 10.1. The van der Waals surface area contributed by atoms with Crippen molar-refractivity contribution in [1.29, 1.82) is 0 Å². The molecule has 0 unspecified atom stereocenters. The second kappa shape index (κ2) is 5.40. The minimum absolute atomic E-state index is 0.0549. The van der Waals surface area contributed by atoms with Crippen LogP contribution in [0.4, 0.5) is 8.78 Å². The van der Waals surface area contributed by atoms with Crippen LogP contribution in [-0.4, -0.2) is 5.78 Å². The predicted molar refractivity (Wildman–Crippen MR) is 77.6 cm³/mol. The van der Waals surface area contributed by atoms with Gasteiger partial charge in [-0.05, 0) is 42.9 Å². The lowest BCUT2D eigenvalue weighted by Gasteiger charge is -2.27. The van der Waals surface area contributed by atoms with Gasteiger partial charge in [-0.25, -0.2) is 8.78 Å². The van der Waals surface area contributed by atoms with E-state index in [9.17, 15) is 13.6 Å². The number of carbonyl (C=O) groups excluding carboxylic acids is 1. The fourth-order valence-electron chi connectivity index (χ4n) is 2.76. The van der Waals surface area contributed by atoms with Gasteiger partial charge in [-0.1, -0.05) is 30.7 Å². The quantitative estimate of drug-likeness (QED) is 0.743. The second-order valence-electron chi connectivity index (χ2n) is 5.63. The lowest BCUT2D eigenvalue weighted by molar-refractivity contribution is 0.103. The van der Waals surface area contributed by atoms with Crippen LogP contribution in [0.3, 0.4) is 0 Å².